The van der Waals surface area contributed by atoms with Gasteiger partial charge in [-0.05, 0) is 18.5 Å². The Labute approximate surface area is 146 Å². The molecule has 1 unspecified atom stereocenters. The SMILES string of the molecule is CN1CC[N+]2(CC1)C1c3ccccc3-c3c1c1ccccc1c(=O)n32. The number of aromatic nitrogens is 1. The normalized spacial score (nSPS) is 22.7. The van der Waals surface area contributed by atoms with Crippen LogP contribution in [0.15, 0.2) is 53.3 Å². The maximum atomic E-state index is 13.5. The minimum atomic E-state index is 0.177. The Balaban J connectivity index is 1.78. The lowest BCUT2D eigenvalue weighted by molar-refractivity contribution is 0.0381. The van der Waals surface area contributed by atoms with Gasteiger partial charge in [0.1, 0.15) is 18.8 Å². The molecule has 0 amide bonds. The Morgan fingerprint density at radius 3 is 2.44 bits per heavy atom. The molecule has 4 bridgehead atoms. The molecule has 2 aliphatic heterocycles. The van der Waals surface area contributed by atoms with Crippen LogP contribution >= 0.6 is 0 Å². The average Bonchev–Trinajstić information content (AvgIpc) is 3.11. The maximum absolute atomic E-state index is 13.5. The summed E-state index contributed by atoms with van der Waals surface area (Å²) in [5.41, 5.74) is 5.39. The zero-order valence-electron chi connectivity index (χ0n) is 14.3. The van der Waals surface area contributed by atoms with Gasteiger partial charge in [0.05, 0.1) is 10.9 Å². The van der Waals surface area contributed by atoms with E-state index >= 15 is 0 Å². The molecule has 1 saturated heterocycles. The number of pyridine rings is 1. The Morgan fingerprint density at radius 1 is 0.960 bits per heavy atom. The maximum Gasteiger partial charge on any atom is 0.304 e. The van der Waals surface area contributed by atoms with Gasteiger partial charge in [-0.1, -0.05) is 42.5 Å². The molecule has 2 aromatic carbocycles. The van der Waals surface area contributed by atoms with Crippen LogP contribution in [0.3, 0.4) is 0 Å². The fourth-order valence-corrected chi connectivity index (χ4v) is 5.37. The molecule has 124 valence electrons. The summed E-state index contributed by atoms with van der Waals surface area (Å²) >= 11 is 0. The van der Waals surface area contributed by atoms with Crippen LogP contribution in [0.25, 0.3) is 22.0 Å². The van der Waals surface area contributed by atoms with E-state index < -0.39 is 0 Å². The zero-order chi connectivity index (χ0) is 16.8. The van der Waals surface area contributed by atoms with E-state index in [1.165, 1.54) is 22.4 Å². The van der Waals surface area contributed by atoms with Gasteiger partial charge in [0, 0.05) is 24.2 Å². The topological polar surface area (TPSA) is 25.2 Å². The van der Waals surface area contributed by atoms with Crippen LogP contribution in [0.4, 0.5) is 0 Å². The van der Waals surface area contributed by atoms with Crippen molar-refractivity contribution in [2.24, 2.45) is 0 Å². The first kappa shape index (κ1) is 13.8. The van der Waals surface area contributed by atoms with E-state index in [2.05, 4.69) is 53.0 Å². The van der Waals surface area contributed by atoms with Crippen molar-refractivity contribution in [1.82, 2.24) is 14.2 Å². The van der Waals surface area contributed by atoms with E-state index in [4.69, 9.17) is 0 Å². The highest BCUT2D eigenvalue weighted by molar-refractivity contribution is 5.96. The molecule has 6 rings (SSSR count). The second-order valence-electron chi connectivity index (χ2n) is 7.65. The van der Waals surface area contributed by atoms with Gasteiger partial charge in [0.2, 0.25) is 0 Å². The molecule has 3 aliphatic rings. The summed E-state index contributed by atoms with van der Waals surface area (Å²) in [6.45, 7) is 4.03. The quantitative estimate of drug-likeness (QED) is 0.592. The Hall–Kier alpha value is -2.43. The third-order valence-corrected chi connectivity index (χ3v) is 6.51. The van der Waals surface area contributed by atoms with Crippen LogP contribution in [0.1, 0.15) is 17.2 Å². The number of hydrogen-bond acceptors (Lipinski definition) is 2. The standard InChI is InChI=1S/C21H20N3O/c1-22-10-12-24(13-11-22)20-16-8-4-3-7-15(16)19-18(20)14-6-2-5-9-17(14)21(25)23(19)24/h2-9,20H,10-13H2,1H3/q+1. The van der Waals surface area contributed by atoms with Crippen molar-refractivity contribution in [3.8, 4) is 11.3 Å². The number of benzene rings is 2. The molecule has 0 saturated carbocycles. The van der Waals surface area contributed by atoms with Crippen LogP contribution in [-0.2, 0) is 0 Å². The van der Waals surface area contributed by atoms with Gasteiger partial charge in [-0.25, -0.2) is 4.59 Å². The fourth-order valence-electron chi connectivity index (χ4n) is 5.37. The number of piperazine rings is 1. The van der Waals surface area contributed by atoms with Gasteiger partial charge < -0.3 is 0 Å². The molecular formula is C21H20N3O+. The van der Waals surface area contributed by atoms with Gasteiger partial charge in [0.15, 0.2) is 6.04 Å². The molecule has 1 atom stereocenters. The molecule has 0 radical (unpaired) electrons. The Morgan fingerprint density at radius 2 is 1.64 bits per heavy atom. The lowest BCUT2D eigenvalue weighted by Crippen LogP contribution is -2.68. The van der Waals surface area contributed by atoms with Crippen molar-refractivity contribution in [3.05, 3.63) is 70.0 Å². The lowest BCUT2D eigenvalue weighted by Gasteiger charge is -2.46. The second-order valence-corrected chi connectivity index (χ2v) is 7.65. The van der Waals surface area contributed by atoms with Crippen molar-refractivity contribution in [1.29, 1.82) is 0 Å². The predicted octanol–water partition coefficient (Wildman–Crippen LogP) is 2.47. The first-order valence-corrected chi connectivity index (χ1v) is 9.05. The van der Waals surface area contributed by atoms with Gasteiger partial charge in [-0.2, -0.15) is 0 Å². The number of fused-ring (bicyclic) bond motifs is 5. The summed E-state index contributed by atoms with van der Waals surface area (Å²) in [5, 5.41) is 2.02. The lowest BCUT2D eigenvalue weighted by atomic mass is 9.99. The van der Waals surface area contributed by atoms with Crippen molar-refractivity contribution in [2.45, 2.75) is 6.04 Å². The molecule has 1 aliphatic carbocycles. The van der Waals surface area contributed by atoms with E-state index in [-0.39, 0.29) is 11.6 Å². The zero-order valence-corrected chi connectivity index (χ0v) is 14.3. The molecule has 4 nitrogen and oxygen atoms in total. The molecule has 3 aromatic rings. The van der Waals surface area contributed by atoms with E-state index in [0.717, 1.165) is 41.5 Å². The van der Waals surface area contributed by atoms with E-state index in [1.54, 1.807) is 0 Å². The summed E-state index contributed by atoms with van der Waals surface area (Å²) in [6.07, 6.45) is 0. The van der Waals surface area contributed by atoms with Gasteiger partial charge in [-0.3, -0.25) is 9.69 Å². The molecule has 1 spiro atoms. The number of nitrogens with zero attached hydrogens (tertiary/aromatic N) is 3. The molecular weight excluding hydrogens is 310 g/mol. The summed E-state index contributed by atoms with van der Waals surface area (Å²) in [6, 6.07) is 17.1. The van der Waals surface area contributed by atoms with Crippen molar-refractivity contribution in [2.75, 3.05) is 33.2 Å². The highest BCUT2D eigenvalue weighted by Gasteiger charge is 2.58. The molecule has 0 N–H and O–H groups in total. The van der Waals surface area contributed by atoms with Gasteiger partial charge >= 0.3 is 5.56 Å². The smallest absolute Gasteiger partial charge is 0.295 e. The molecule has 3 heterocycles. The first-order valence-electron chi connectivity index (χ1n) is 9.05. The van der Waals surface area contributed by atoms with Crippen molar-refractivity contribution >= 4 is 10.8 Å². The summed E-state index contributed by atoms with van der Waals surface area (Å²) in [4.78, 5) is 15.9. The summed E-state index contributed by atoms with van der Waals surface area (Å²) < 4.78 is 2.90. The number of quaternary nitrogens is 1. The van der Waals surface area contributed by atoms with Gasteiger partial charge in [-0.15, -0.1) is 4.68 Å². The Kier molecular flexibility index (Phi) is 2.43. The van der Waals surface area contributed by atoms with E-state index in [9.17, 15) is 4.79 Å². The number of likely N-dealkylation sites (N-methyl/N-ethyl adjacent to an activating group) is 1. The minimum absolute atomic E-state index is 0.177. The third kappa shape index (κ3) is 1.45. The van der Waals surface area contributed by atoms with Crippen LogP contribution < -0.4 is 10.2 Å². The van der Waals surface area contributed by atoms with Crippen molar-refractivity contribution < 1.29 is 0 Å². The summed E-state index contributed by atoms with van der Waals surface area (Å²) in [5.74, 6) is 0. The van der Waals surface area contributed by atoms with E-state index in [1.807, 2.05) is 12.1 Å². The number of hydrogen-bond donors (Lipinski definition) is 0. The molecule has 25 heavy (non-hydrogen) atoms. The van der Waals surface area contributed by atoms with E-state index in [0.29, 0.717) is 0 Å². The average molecular weight is 330 g/mol. The van der Waals surface area contributed by atoms with Crippen LogP contribution in [0.2, 0.25) is 0 Å². The van der Waals surface area contributed by atoms with Crippen LogP contribution in [0.5, 0.6) is 0 Å². The fraction of sp³-hybridized carbons (Fsp3) is 0.286. The highest BCUT2D eigenvalue weighted by atomic mass is 16.1. The minimum Gasteiger partial charge on any atom is -0.295 e. The van der Waals surface area contributed by atoms with Crippen LogP contribution in [0, 0.1) is 0 Å². The highest BCUT2D eigenvalue weighted by Crippen LogP contribution is 2.55. The van der Waals surface area contributed by atoms with Crippen LogP contribution in [-0.4, -0.2) is 42.8 Å². The molecule has 1 fully saturated rings. The number of rotatable bonds is 0. The third-order valence-electron chi connectivity index (χ3n) is 6.51. The Bertz CT molecular complexity index is 1110. The monoisotopic (exact) mass is 330 g/mol. The predicted molar refractivity (Wildman–Crippen MR) is 100 cm³/mol. The first-order chi connectivity index (χ1) is 12.2. The summed E-state index contributed by atoms with van der Waals surface area (Å²) in [7, 11) is 2.18. The molecule has 1 aromatic heterocycles. The largest absolute Gasteiger partial charge is 0.304 e. The van der Waals surface area contributed by atoms with Crippen molar-refractivity contribution in [3.63, 3.8) is 0 Å². The second kappa shape index (κ2) is 4.40. The van der Waals surface area contributed by atoms with Gasteiger partial charge in [0.25, 0.3) is 0 Å². The molecule has 4 heteroatoms.